The quantitative estimate of drug-likeness (QED) is 0.258. The number of benzene rings is 1. The van der Waals surface area contributed by atoms with Crippen molar-refractivity contribution in [3.05, 3.63) is 29.8 Å². The lowest BCUT2D eigenvalue weighted by Gasteiger charge is -2.28. The molecule has 21 heavy (non-hydrogen) atoms. The summed E-state index contributed by atoms with van der Waals surface area (Å²) in [5.41, 5.74) is 3.80. The zero-order valence-electron chi connectivity index (χ0n) is 13.3. The van der Waals surface area contributed by atoms with E-state index < -0.39 is 0 Å². The topological polar surface area (TPSA) is 72.1 Å². The highest BCUT2D eigenvalue weighted by molar-refractivity contribution is 5.79. The molecule has 118 valence electrons. The predicted molar refractivity (Wildman–Crippen MR) is 85.4 cm³/mol. The van der Waals surface area contributed by atoms with Gasteiger partial charge in [0.2, 0.25) is 5.96 Å². The molecule has 0 aromatic heterocycles. The van der Waals surface area contributed by atoms with E-state index in [4.69, 9.17) is 15.3 Å². The third-order valence-corrected chi connectivity index (χ3v) is 3.39. The van der Waals surface area contributed by atoms with Crippen molar-refractivity contribution in [1.29, 1.82) is 0 Å². The second-order valence-corrected chi connectivity index (χ2v) is 4.82. The van der Waals surface area contributed by atoms with Gasteiger partial charge in [-0.3, -0.25) is 5.43 Å². The van der Waals surface area contributed by atoms with Crippen LogP contribution < -0.4 is 16.0 Å². The minimum atomic E-state index is 0.221. The number of aliphatic imine (C=N–C) groups is 1. The van der Waals surface area contributed by atoms with Gasteiger partial charge in [0, 0.05) is 20.2 Å². The number of likely N-dealkylation sites (N-methyl/N-ethyl adjacent to an activating group) is 1. The molecule has 0 saturated carbocycles. The van der Waals surface area contributed by atoms with E-state index in [-0.39, 0.29) is 6.04 Å². The molecule has 0 aliphatic rings. The fourth-order valence-electron chi connectivity index (χ4n) is 2.04. The van der Waals surface area contributed by atoms with Gasteiger partial charge in [-0.05, 0) is 25.0 Å². The maximum Gasteiger partial charge on any atom is 0.208 e. The van der Waals surface area contributed by atoms with E-state index in [9.17, 15) is 0 Å². The van der Waals surface area contributed by atoms with Gasteiger partial charge >= 0.3 is 0 Å². The zero-order valence-corrected chi connectivity index (χ0v) is 13.3. The molecule has 0 spiro atoms. The summed E-state index contributed by atoms with van der Waals surface area (Å²) < 4.78 is 10.4. The maximum atomic E-state index is 5.56. The molecule has 0 saturated heterocycles. The second kappa shape index (κ2) is 9.20. The van der Waals surface area contributed by atoms with Crippen LogP contribution in [0.2, 0.25) is 0 Å². The van der Waals surface area contributed by atoms with Crippen LogP contribution >= 0.6 is 0 Å². The third kappa shape index (κ3) is 5.24. The molecular weight excluding hydrogens is 268 g/mol. The molecule has 0 fully saturated rings. The molecule has 0 aliphatic heterocycles. The van der Waals surface area contributed by atoms with Gasteiger partial charge in [-0.15, -0.1) is 0 Å². The first-order chi connectivity index (χ1) is 10.1. The highest BCUT2D eigenvalue weighted by Crippen LogP contribution is 2.20. The zero-order chi connectivity index (χ0) is 15.7. The van der Waals surface area contributed by atoms with E-state index in [1.165, 1.54) is 0 Å². The number of methoxy groups -OCH3 is 2. The van der Waals surface area contributed by atoms with Gasteiger partial charge in [0.1, 0.15) is 5.75 Å². The van der Waals surface area contributed by atoms with Crippen LogP contribution in [0, 0.1) is 0 Å². The van der Waals surface area contributed by atoms with Crippen LogP contribution in [0.25, 0.3) is 0 Å². The molecule has 6 nitrogen and oxygen atoms in total. The molecule has 6 heteroatoms. The number of ether oxygens (including phenoxy) is 2. The molecule has 3 N–H and O–H groups in total. The summed E-state index contributed by atoms with van der Waals surface area (Å²) >= 11 is 0. The number of nitrogens with zero attached hydrogens (tertiary/aromatic N) is 2. The third-order valence-electron chi connectivity index (χ3n) is 3.39. The Morgan fingerprint density at radius 3 is 2.71 bits per heavy atom. The van der Waals surface area contributed by atoms with Crippen molar-refractivity contribution >= 4 is 5.96 Å². The number of hydrogen-bond acceptors (Lipinski definition) is 4. The Kier molecular flexibility index (Phi) is 7.56. The summed E-state index contributed by atoms with van der Waals surface area (Å²) in [4.78, 5) is 6.40. The van der Waals surface area contributed by atoms with E-state index >= 15 is 0 Å². The number of rotatable bonds is 7. The van der Waals surface area contributed by atoms with Crippen molar-refractivity contribution in [2.24, 2.45) is 10.8 Å². The molecule has 1 rings (SSSR count). The molecule has 1 atom stereocenters. The van der Waals surface area contributed by atoms with Crippen molar-refractivity contribution < 1.29 is 9.47 Å². The van der Waals surface area contributed by atoms with Crippen LogP contribution in [0.5, 0.6) is 5.75 Å². The normalized spacial score (nSPS) is 12.9. The second-order valence-electron chi connectivity index (χ2n) is 4.82. The van der Waals surface area contributed by atoms with E-state index in [2.05, 4.69) is 23.4 Å². The molecule has 1 unspecified atom stereocenters. The fourth-order valence-corrected chi connectivity index (χ4v) is 2.04. The fraction of sp³-hybridized carbons (Fsp3) is 0.533. The van der Waals surface area contributed by atoms with Crippen molar-refractivity contribution in [3.8, 4) is 5.75 Å². The van der Waals surface area contributed by atoms with Gasteiger partial charge in [-0.1, -0.05) is 18.2 Å². The van der Waals surface area contributed by atoms with Gasteiger partial charge in [0.05, 0.1) is 20.3 Å². The minimum Gasteiger partial charge on any atom is -0.496 e. The Bertz CT molecular complexity index is 451. The molecule has 0 heterocycles. The Balaban J connectivity index is 2.72. The lowest BCUT2D eigenvalue weighted by molar-refractivity contribution is 0.207. The first-order valence-electron chi connectivity index (χ1n) is 6.98. The summed E-state index contributed by atoms with van der Waals surface area (Å²) in [6.07, 6.45) is 0.839. The number of nitrogens with one attached hydrogen (secondary N) is 1. The molecule has 0 amide bonds. The van der Waals surface area contributed by atoms with Crippen molar-refractivity contribution in [1.82, 2.24) is 10.3 Å². The summed E-state index contributed by atoms with van der Waals surface area (Å²) in [6, 6.07) is 8.24. The van der Waals surface area contributed by atoms with Crippen LogP contribution in [-0.4, -0.2) is 51.3 Å². The lowest BCUT2D eigenvalue weighted by atomic mass is 10.1. The SMILES string of the molecule is COCCN=C(NN)N(C)C(C)Cc1ccccc1OC. The van der Waals surface area contributed by atoms with Crippen LogP contribution in [-0.2, 0) is 11.2 Å². The Hall–Kier alpha value is -1.79. The van der Waals surface area contributed by atoms with Gasteiger partial charge in [-0.25, -0.2) is 10.8 Å². The monoisotopic (exact) mass is 294 g/mol. The van der Waals surface area contributed by atoms with E-state index in [0.29, 0.717) is 19.1 Å². The lowest BCUT2D eigenvalue weighted by Crippen LogP contribution is -2.47. The number of guanidine groups is 1. The van der Waals surface area contributed by atoms with Crippen LogP contribution in [0.3, 0.4) is 0 Å². The van der Waals surface area contributed by atoms with Crippen molar-refractivity contribution in [2.75, 3.05) is 34.4 Å². The van der Waals surface area contributed by atoms with E-state index in [0.717, 1.165) is 17.7 Å². The predicted octanol–water partition coefficient (Wildman–Crippen LogP) is 1.02. The summed E-state index contributed by atoms with van der Waals surface area (Å²) in [5.74, 6) is 7.10. The molecule has 0 radical (unpaired) electrons. The molecule has 1 aromatic carbocycles. The van der Waals surface area contributed by atoms with Crippen LogP contribution in [0.4, 0.5) is 0 Å². The smallest absolute Gasteiger partial charge is 0.208 e. The Morgan fingerprint density at radius 1 is 1.38 bits per heavy atom. The summed E-state index contributed by atoms with van der Waals surface area (Å²) in [6.45, 7) is 3.26. The first-order valence-corrected chi connectivity index (χ1v) is 6.98. The Morgan fingerprint density at radius 2 is 2.10 bits per heavy atom. The van der Waals surface area contributed by atoms with Crippen LogP contribution in [0.1, 0.15) is 12.5 Å². The molecular formula is C15H26N4O2. The number of nitrogens with two attached hydrogens (primary N) is 1. The highest BCUT2D eigenvalue weighted by atomic mass is 16.5. The minimum absolute atomic E-state index is 0.221. The largest absolute Gasteiger partial charge is 0.496 e. The Labute approximate surface area is 126 Å². The number of hydrazine groups is 1. The average molecular weight is 294 g/mol. The molecule has 0 aliphatic carbocycles. The highest BCUT2D eigenvalue weighted by Gasteiger charge is 2.15. The molecule has 1 aromatic rings. The van der Waals surface area contributed by atoms with Crippen molar-refractivity contribution in [3.63, 3.8) is 0 Å². The van der Waals surface area contributed by atoms with Crippen LogP contribution in [0.15, 0.2) is 29.3 Å². The van der Waals surface area contributed by atoms with E-state index in [1.54, 1.807) is 14.2 Å². The van der Waals surface area contributed by atoms with Gasteiger partial charge < -0.3 is 14.4 Å². The maximum absolute atomic E-state index is 5.56. The summed E-state index contributed by atoms with van der Waals surface area (Å²) in [5, 5.41) is 0. The van der Waals surface area contributed by atoms with E-state index in [1.807, 2.05) is 30.1 Å². The number of hydrogen-bond donors (Lipinski definition) is 2. The van der Waals surface area contributed by atoms with Gasteiger partial charge in [0.15, 0.2) is 0 Å². The van der Waals surface area contributed by atoms with Crippen molar-refractivity contribution in [2.45, 2.75) is 19.4 Å². The first kappa shape index (κ1) is 17.3. The molecule has 0 bridgehead atoms. The van der Waals surface area contributed by atoms with Gasteiger partial charge in [-0.2, -0.15) is 0 Å². The standard InChI is InChI=1S/C15H26N4O2/c1-12(11-13-7-5-6-8-14(13)21-4)19(2)15(18-16)17-9-10-20-3/h5-8,12H,9-11,16H2,1-4H3,(H,17,18). The number of para-hydroxylation sites is 1. The average Bonchev–Trinajstić information content (AvgIpc) is 2.51. The summed E-state index contributed by atoms with van der Waals surface area (Å²) in [7, 11) is 5.30. The van der Waals surface area contributed by atoms with Gasteiger partial charge in [0.25, 0.3) is 0 Å².